The van der Waals surface area contributed by atoms with Crippen LogP contribution in [0.25, 0.3) is 0 Å². The Balaban J connectivity index is 1.96. The fourth-order valence-corrected chi connectivity index (χ4v) is 14.8. The van der Waals surface area contributed by atoms with Gasteiger partial charge in [-0.05, 0) is 101 Å². The molecule has 2 aromatic carbocycles. The van der Waals surface area contributed by atoms with Crippen molar-refractivity contribution in [3.05, 3.63) is 120 Å². The summed E-state index contributed by atoms with van der Waals surface area (Å²) >= 11 is 0. The molecule has 10 heteroatoms. The minimum Gasteiger partial charge on any atom is -0.444 e. The number of rotatable bonds is 20. The van der Waals surface area contributed by atoms with Crippen molar-refractivity contribution in [3.8, 4) is 0 Å². The highest BCUT2D eigenvalue weighted by Crippen LogP contribution is 2.43. The largest absolute Gasteiger partial charge is 0.444 e. The topological polar surface area (TPSA) is 86.7 Å². The number of benzene rings is 2. The van der Waals surface area contributed by atoms with Crippen molar-refractivity contribution in [1.29, 1.82) is 0 Å². The predicted molar refractivity (Wildman–Crippen MR) is 281 cm³/mol. The summed E-state index contributed by atoms with van der Waals surface area (Å²) in [6.07, 6.45) is 17.2. The molecule has 1 amide bonds. The smallest absolute Gasteiger partial charge is 0.412 e. The van der Waals surface area contributed by atoms with Crippen molar-refractivity contribution in [2.24, 2.45) is 11.8 Å². The second kappa shape index (κ2) is 23.8. The molecule has 0 saturated carbocycles. The van der Waals surface area contributed by atoms with Crippen LogP contribution in [0.2, 0.25) is 23.2 Å². The number of amides is 1. The SMILES string of the molecule is CO[C@@H](C/C=C(/C)CO)C[C@@H](/C=C/C=C/C=C(C)/C=C/[C@@H](C)[C@@H](O[Si](C)(C)C(C)(C)C)[C@H](C)[C@@H]1OC(C)(C)N(C(=O)OC(C)(C)C)[C@@H]1C)O[Si](c1ccccc1)(c1ccccc1)C(C)(C)C. The number of methoxy groups -OCH3 is 1. The molecule has 7 atom stereocenters. The molecule has 0 spiro atoms. The normalized spacial score (nSPS) is 20.6. The summed E-state index contributed by atoms with van der Waals surface area (Å²) in [5.41, 5.74) is 0.581. The molecule has 1 aliphatic heterocycles. The summed E-state index contributed by atoms with van der Waals surface area (Å²) in [5, 5.41) is 12.0. The Morgan fingerprint density at radius 3 is 1.89 bits per heavy atom. The fraction of sp³-hybridized carbons (Fsp3) is 0.589. The van der Waals surface area contributed by atoms with Gasteiger partial charge in [0.2, 0.25) is 0 Å². The number of carbonyl (C=O) groups excluding carboxylic acids is 1. The summed E-state index contributed by atoms with van der Waals surface area (Å²) in [6, 6.07) is 21.3. The zero-order chi connectivity index (χ0) is 49.9. The third kappa shape index (κ3) is 15.3. The second-order valence-electron chi connectivity index (χ2n) is 22.6. The van der Waals surface area contributed by atoms with E-state index in [9.17, 15) is 9.90 Å². The maximum atomic E-state index is 13.5. The Morgan fingerprint density at radius 2 is 1.41 bits per heavy atom. The molecule has 0 unspecified atom stereocenters. The number of ether oxygens (including phenoxy) is 3. The summed E-state index contributed by atoms with van der Waals surface area (Å²) in [4.78, 5) is 15.3. The number of aliphatic hydroxyl groups is 1. The molecule has 0 aliphatic carbocycles. The maximum Gasteiger partial charge on any atom is 0.412 e. The Labute approximate surface area is 403 Å². The van der Waals surface area contributed by atoms with Gasteiger partial charge in [0, 0.05) is 19.4 Å². The highest BCUT2D eigenvalue weighted by molar-refractivity contribution is 6.99. The summed E-state index contributed by atoms with van der Waals surface area (Å²) in [5.74, 6) is 0.0289. The van der Waals surface area contributed by atoms with E-state index in [4.69, 9.17) is 23.1 Å². The number of hydrogen-bond acceptors (Lipinski definition) is 7. The van der Waals surface area contributed by atoms with E-state index in [0.717, 1.165) is 11.1 Å². The van der Waals surface area contributed by atoms with Crippen LogP contribution in [-0.4, -0.2) is 88.2 Å². The molecule has 3 rings (SSSR count). The van der Waals surface area contributed by atoms with Crippen molar-refractivity contribution in [1.82, 2.24) is 4.90 Å². The first-order chi connectivity index (χ1) is 30.5. The number of nitrogens with zero attached hydrogens (tertiary/aromatic N) is 1. The summed E-state index contributed by atoms with van der Waals surface area (Å²) < 4.78 is 33.5. The number of aliphatic hydroxyl groups excluding tert-OH is 1. The third-order valence-electron chi connectivity index (χ3n) is 13.4. The average Bonchev–Trinajstić information content (AvgIpc) is 3.48. The lowest BCUT2D eigenvalue weighted by Gasteiger charge is -2.45. The van der Waals surface area contributed by atoms with Gasteiger partial charge in [-0.25, -0.2) is 4.79 Å². The van der Waals surface area contributed by atoms with Crippen molar-refractivity contribution in [2.75, 3.05) is 13.7 Å². The molecular weight excluding hydrogens is 855 g/mol. The molecule has 8 nitrogen and oxygen atoms in total. The second-order valence-corrected chi connectivity index (χ2v) is 31.6. The molecule has 368 valence electrons. The minimum absolute atomic E-state index is 0.0105. The van der Waals surface area contributed by atoms with Crippen molar-refractivity contribution < 1.29 is 33.0 Å². The predicted octanol–water partition coefficient (Wildman–Crippen LogP) is 12.7. The lowest BCUT2D eigenvalue weighted by molar-refractivity contribution is -0.100. The van der Waals surface area contributed by atoms with E-state index < -0.39 is 28.0 Å². The van der Waals surface area contributed by atoms with E-state index in [2.05, 4.69) is 192 Å². The first-order valence-corrected chi connectivity index (χ1v) is 29.0. The van der Waals surface area contributed by atoms with Gasteiger partial charge in [0.15, 0.2) is 8.32 Å². The van der Waals surface area contributed by atoms with Crippen LogP contribution in [0.4, 0.5) is 4.79 Å². The lowest BCUT2D eigenvalue weighted by Crippen LogP contribution is -2.67. The Hall–Kier alpha value is -3.36. The fourth-order valence-electron chi connectivity index (χ4n) is 8.72. The molecule has 0 bridgehead atoms. The Kier molecular flexibility index (Phi) is 20.5. The number of carbonyl (C=O) groups is 1. The maximum absolute atomic E-state index is 13.5. The van der Waals surface area contributed by atoms with E-state index in [1.165, 1.54) is 10.4 Å². The van der Waals surface area contributed by atoms with Gasteiger partial charge in [-0.1, -0.05) is 176 Å². The third-order valence-corrected chi connectivity index (χ3v) is 22.9. The summed E-state index contributed by atoms with van der Waals surface area (Å²) in [6.45, 7) is 38.5. The molecule has 1 aliphatic rings. The first kappa shape index (κ1) is 57.0. The van der Waals surface area contributed by atoms with Gasteiger partial charge in [0.25, 0.3) is 8.32 Å². The zero-order valence-electron chi connectivity index (χ0n) is 44.4. The van der Waals surface area contributed by atoms with E-state index in [1.807, 2.05) is 41.5 Å². The van der Waals surface area contributed by atoms with E-state index in [1.54, 1.807) is 12.0 Å². The van der Waals surface area contributed by atoms with Gasteiger partial charge in [-0.3, -0.25) is 4.90 Å². The van der Waals surface area contributed by atoms with Crippen LogP contribution in [0.3, 0.4) is 0 Å². The van der Waals surface area contributed by atoms with Crippen LogP contribution in [0.5, 0.6) is 0 Å². The van der Waals surface area contributed by atoms with Crippen LogP contribution in [0.15, 0.2) is 120 Å². The molecule has 1 heterocycles. The van der Waals surface area contributed by atoms with Crippen molar-refractivity contribution in [3.63, 3.8) is 0 Å². The summed E-state index contributed by atoms with van der Waals surface area (Å²) in [7, 11) is -3.34. The minimum atomic E-state index is -2.88. The van der Waals surface area contributed by atoms with Gasteiger partial charge >= 0.3 is 6.09 Å². The molecule has 0 aromatic heterocycles. The zero-order valence-corrected chi connectivity index (χ0v) is 46.4. The molecule has 2 aromatic rings. The van der Waals surface area contributed by atoms with Crippen molar-refractivity contribution in [2.45, 2.75) is 189 Å². The average molecular weight is 944 g/mol. The Bertz CT molecular complexity index is 1930. The van der Waals surface area contributed by atoms with E-state index in [0.29, 0.717) is 12.8 Å². The van der Waals surface area contributed by atoms with E-state index in [-0.39, 0.29) is 65.1 Å². The van der Waals surface area contributed by atoms with Crippen LogP contribution < -0.4 is 10.4 Å². The highest BCUT2D eigenvalue weighted by atomic mass is 28.4. The molecular formula is C56H89NO7Si2. The van der Waals surface area contributed by atoms with Crippen LogP contribution >= 0.6 is 0 Å². The Morgan fingerprint density at radius 1 is 0.848 bits per heavy atom. The number of allylic oxidation sites excluding steroid dienone is 6. The van der Waals surface area contributed by atoms with Crippen LogP contribution in [-0.2, 0) is 23.1 Å². The van der Waals surface area contributed by atoms with E-state index >= 15 is 0 Å². The van der Waals surface area contributed by atoms with Gasteiger partial charge in [-0.2, -0.15) is 0 Å². The monoisotopic (exact) mass is 944 g/mol. The van der Waals surface area contributed by atoms with Gasteiger partial charge in [0.1, 0.15) is 11.3 Å². The molecule has 0 radical (unpaired) electrons. The molecule has 1 N–H and O–H groups in total. The lowest BCUT2D eigenvalue weighted by atomic mass is 9.86. The van der Waals surface area contributed by atoms with Crippen molar-refractivity contribution >= 4 is 33.1 Å². The number of hydrogen-bond donors (Lipinski definition) is 1. The van der Waals surface area contributed by atoms with Crippen LogP contribution in [0, 0.1) is 11.8 Å². The molecule has 66 heavy (non-hydrogen) atoms. The standard InChI is InChI=1S/C56H89NO7Si2/c1-41(35-37-43(3)50(64-65(18,19)54(9,10)11)44(4)51-45(5)57(56(15,16)61-51)52(59)62-53(6,7)8)29-23-20-24-30-47(39-46(60-17)38-36-42(2)40-58)63-66(55(12,13)14,48-31-25-21-26-32-48)49-33-27-22-28-34-49/h20-37,43-47,50-51,58H,38-40H2,1-19H3/b23-20+,30-24+,37-35+,41-29+,42-36-/t43-,44+,45-,46+,47-,50-,51+/m1/s1. The highest BCUT2D eigenvalue weighted by Gasteiger charge is 2.54. The molecule has 1 saturated heterocycles. The van der Waals surface area contributed by atoms with Gasteiger partial charge < -0.3 is 28.2 Å². The van der Waals surface area contributed by atoms with Crippen LogP contribution in [0.1, 0.15) is 124 Å². The quantitative estimate of drug-likeness (QED) is 0.0804. The molecule has 1 fully saturated rings. The van der Waals surface area contributed by atoms with Gasteiger partial charge in [0.05, 0.1) is 37.1 Å². The first-order valence-electron chi connectivity index (χ1n) is 24.2. The van der Waals surface area contributed by atoms with Gasteiger partial charge in [-0.15, -0.1) is 0 Å².